The Kier molecular flexibility index (Phi) is 6.80. The van der Waals surface area contributed by atoms with Crippen LogP contribution in [-0.4, -0.2) is 0 Å². The van der Waals surface area contributed by atoms with Crippen LogP contribution in [0.1, 0.15) is 71.1 Å². The van der Waals surface area contributed by atoms with Gasteiger partial charge in [0.2, 0.25) is 0 Å². The molecule has 0 saturated heterocycles. The lowest BCUT2D eigenvalue weighted by Crippen LogP contribution is -2.01. The van der Waals surface area contributed by atoms with Crippen LogP contribution in [0.2, 0.25) is 0 Å². The summed E-state index contributed by atoms with van der Waals surface area (Å²) in [5.74, 6) is 2.11. The van der Waals surface area contributed by atoms with Gasteiger partial charge in [-0.2, -0.15) is 0 Å². The summed E-state index contributed by atoms with van der Waals surface area (Å²) < 4.78 is 0. The molecule has 1 saturated carbocycles. The molecule has 0 aromatic heterocycles. The lowest BCUT2D eigenvalue weighted by Gasteiger charge is -2.15. The lowest BCUT2D eigenvalue weighted by atomic mass is 9.91. The number of hydrogen-bond donors (Lipinski definition) is 0. The van der Waals surface area contributed by atoms with Crippen molar-refractivity contribution >= 4 is 0 Å². The van der Waals surface area contributed by atoms with E-state index in [9.17, 15) is 0 Å². The predicted octanol–water partition coefficient (Wildman–Crippen LogP) is 5.34. The van der Waals surface area contributed by atoms with Crippen LogP contribution in [0, 0.1) is 11.8 Å². The first-order valence-electron chi connectivity index (χ1n) is 6.97. The van der Waals surface area contributed by atoms with Crippen LogP contribution in [0.4, 0.5) is 0 Å². The molecule has 0 radical (unpaired) electrons. The van der Waals surface area contributed by atoms with Gasteiger partial charge in [0.15, 0.2) is 0 Å². The average molecular weight is 208 g/mol. The maximum atomic E-state index is 3.84. The summed E-state index contributed by atoms with van der Waals surface area (Å²) in [4.78, 5) is 0. The average Bonchev–Trinajstić information content (AvgIpc) is 3.04. The van der Waals surface area contributed by atoms with Gasteiger partial charge in [-0.3, -0.25) is 0 Å². The van der Waals surface area contributed by atoms with E-state index in [0.29, 0.717) is 0 Å². The molecule has 1 rings (SSSR count). The predicted molar refractivity (Wildman–Crippen MR) is 69.0 cm³/mol. The van der Waals surface area contributed by atoms with Gasteiger partial charge in [0.1, 0.15) is 0 Å². The van der Waals surface area contributed by atoms with Crippen molar-refractivity contribution in [2.24, 2.45) is 11.8 Å². The quantitative estimate of drug-likeness (QED) is 0.336. The van der Waals surface area contributed by atoms with Crippen molar-refractivity contribution in [3.8, 4) is 0 Å². The highest BCUT2D eigenvalue weighted by Crippen LogP contribution is 2.38. The molecule has 1 fully saturated rings. The van der Waals surface area contributed by atoms with Gasteiger partial charge in [-0.25, -0.2) is 0 Å². The molecule has 0 aliphatic heterocycles. The first kappa shape index (κ1) is 12.8. The molecule has 0 spiro atoms. The normalized spacial score (nSPS) is 17.7. The first-order valence-corrected chi connectivity index (χ1v) is 6.97. The van der Waals surface area contributed by atoms with Crippen LogP contribution in [0.5, 0.6) is 0 Å². The zero-order valence-electron chi connectivity index (χ0n) is 10.5. The maximum absolute atomic E-state index is 3.84. The number of unbranched alkanes of at least 4 members (excludes halogenated alkanes) is 3. The number of rotatable bonds is 10. The van der Waals surface area contributed by atoms with Crippen LogP contribution in [0.3, 0.4) is 0 Å². The van der Waals surface area contributed by atoms with E-state index in [1.165, 1.54) is 64.2 Å². The molecule has 1 aliphatic rings. The van der Waals surface area contributed by atoms with Gasteiger partial charge in [0.05, 0.1) is 0 Å². The van der Waals surface area contributed by atoms with Gasteiger partial charge in [-0.1, -0.05) is 57.9 Å². The molecule has 0 nitrogen and oxygen atoms in total. The molecule has 0 heteroatoms. The van der Waals surface area contributed by atoms with Crippen LogP contribution in [-0.2, 0) is 0 Å². The molecule has 0 amide bonds. The van der Waals surface area contributed by atoms with E-state index in [0.717, 1.165) is 11.8 Å². The Bertz CT molecular complexity index is 155. The van der Waals surface area contributed by atoms with Crippen molar-refractivity contribution in [1.82, 2.24) is 0 Å². The highest BCUT2D eigenvalue weighted by molar-refractivity contribution is 4.78. The monoisotopic (exact) mass is 208 g/mol. The Balaban J connectivity index is 2.06. The molecule has 0 heterocycles. The Hall–Kier alpha value is -0.260. The SMILES string of the molecule is C=CCCC(CCCCCC)CC1CC1. The minimum atomic E-state index is 1.01. The summed E-state index contributed by atoms with van der Waals surface area (Å²) in [5.41, 5.74) is 0. The van der Waals surface area contributed by atoms with Gasteiger partial charge in [-0.15, -0.1) is 6.58 Å². The second-order valence-corrected chi connectivity index (χ2v) is 5.26. The third kappa shape index (κ3) is 6.76. The molecule has 1 unspecified atom stereocenters. The smallest absolute Gasteiger partial charge is 0.0351 e. The second kappa shape index (κ2) is 7.96. The topological polar surface area (TPSA) is 0 Å². The van der Waals surface area contributed by atoms with Crippen molar-refractivity contribution in [3.63, 3.8) is 0 Å². The van der Waals surface area contributed by atoms with Crippen molar-refractivity contribution in [1.29, 1.82) is 0 Å². The Morgan fingerprint density at radius 2 is 2.00 bits per heavy atom. The zero-order chi connectivity index (χ0) is 10.9. The largest absolute Gasteiger partial charge is 0.103 e. The van der Waals surface area contributed by atoms with Crippen LogP contribution in [0.15, 0.2) is 12.7 Å². The summed E-state index contributed by atoms with van der Waals surface area (Å²) >= 11 is 0. The van der Waals surface area contributed by atoms with Crippen LogP contribution < -0.4 is 0 Å². The molecular weight excluding hydrogens is 180 g/mol. The molecule has 0 bridgehead atoms. The molecule has 15 heavy (non-hydrogen) atoms. The molecule has 1 atom stereocenters. The van der Waals surface area contributed by atoms with Crippen LogP contribution >= 0.6 is 0 Å². The fourth-order valence-corrected chi connectivity index (χ4v) is 2.42. The molecule has 0 aromatic carbocycles. The van der Waals surface area contributed by atoms with Gasteiger partial charge in [0.25, 0.3) is 0 Å². The third-order valence-corrected chi connectivity index (χ3v) is 3.61. The molecule has 1 aliphatic carbocycles. The summed E-state index contributed by atoms with van der Waals surface area (Å²) in [6.07, 6.45) is 16.4. The Morgan fingerprint density at radius 1 is 1.20 bits per heavy atom. The highest BCUT2D eigenvalue weighted by atomic mass is 14.3. The summed E-state index contributed by atoms with van der Waals surface area (Å²) in [6.45, 7) is 6.13. The van der Waals surface area contributed by atoms with E-state index < -0.39 is 0 Å². The van der Waals surface area contributed by atoms with Crippen molar-refractivity contribution in [2.45, 2.75) is 71.1 Å². The second-order valence-electron chi connectivity index (χ2n) is 5.26. The third-order valence-electron chi connectivity index (χ3n) is 3.61. The molecular formula is C15H28. The van der Waals surface area contributed by atoms with Crippen LogP contribution in [0.25, 0.3) is 0 Å². The van der Waals surface area contributed by atoms with Crippen molar-refractivity contribution in [3.05, 3.63) is 12.7 Å². The summed E-state index contributed by atoms with van der Waals surface area (Å²) in [7, 11) is 0. The zero-order valence-corrected chi connectivity index (χ0v) is 10.5. The van der Waals surface area contributed by atoms with Gasteiger partial charge in [-0.05, 0) is 31.1 Å². The van der Waals surface area contributed by atoms with Gasteiger partial charge in [0, 0.05) is 0 Å². The van der Waals surface area contributed by atoms with Crippen molar-refractivity contribution in [2.75, 3.05) is 0 Å². The van der Waals surface area contributed by atoms with E-state index in [-0.39, 0.29) is 0 Å². The maximum Gasteiger partial charge on any atom is -0.0351 e. The highest BCUT2D eigenvalue weighted by Gasteiger charge is 2.24. The fraction of sp³-hybridized carbons (Fsp3) is 0.867. The standard InChI is InChI=1S/C15H28/c1-3-5-7-8-10-14(9-6-4-2)13-15-11-12-15/h4,14-15H,2-3,5-13H2,1H3. The van der Waals surface area contributed by atoms with Gasteiger partial charge >= 0.3 is 0 Å². The number of allylic oxidation sites excluding steroid dienone is 1. The fourth-order valence-electron chi connectivity index (χ4n) is 2.42. The van der Waals surface area contributed by atoms with E-state index in [1.54, 1.807) is 0 Å². The molecule has 0 aromatic rings. The Morgan fingerprint density at radius 3 is 2.60 bits per heavy atom. The van der Waals surface area contributed by atoms with Gasteiger partial charge < -0.3 is 0 Å². The summed E-state index contributed by atoms with van der Waals surface area (Å²) in [6, 6.07) is 0. The Labute approximate surface area is 96.2 Å². The minimum absolute atomic E-state index is 1.01. The van der Waals surface area contributed by atoms with Crippen molar-refractivity contribution < 1.29 is 0 Å². The summed E-state index contributed by atoms with van der Waals surface area (Å²) in [5, 5.41) is 0. The van der Waals surface area contributed by atoms with E-state index in [1.807, 2.05) is 0 Å². The molecule has 88 valence electrons. The number of hydrogen-bond acceptors (Lipinski definition) is 0. The van der Waals surface area contributed by atoms with E-state index >= 15 is 0 Å². The van der Waals surface area contributed by atoms with E-state index in [2.05, 4.69) is 19.6 Å². The van der Waals surface area contributed by atoms with E-state index in [4.69, 9.17) is 0 Å². The minimum Gasteiger partial charge on any atom is -0.103 e. The molecule has 0 N–H and O–H groups in total. The lowest BCUT2D eigenvalue weighted by molar-refractivity contribution is 0.383. The first-order chi connectivity index (χ1) is 7.36.